The molecule has 97 heavy (non-hydrogen) atoms. The normalized spacial score (nSPS) is 22.6. The summed E-state index contributed by atoms with van der Waals surface area (Å²) in [6, 6.07) is -0.942. The zero-order valence-corrected chi connectivity index (χ0v) is 61.8. The van der Waals surface area contributed by atoms with Crippen LogP contribution in [0.15, 0.2) is 85.1 Å². The highest BCUT2D eigenvalue weighted by molar-refractivity contribution is 5.76. The van der Waals surface area contributed by atoms with Crippen molar-refractivity contribution in [3.05, 3.63) is 85.1 Å². The van der Waals surface area contributed by atoms with Gasteiger partial charge in [-0.2, -0.15) is 0 Å². The average molecular weight is 1370 g/mol. The van der Waals surface area contributed by atoms with Crippen molar-refractivity contribution < 1.29 is 64.6 Å². The Morgan fingerprint density at radius 3 is 1.13 bits per heavy atom. The van der Waals surface area contributed by atoms with Gasteiger partial charge in [-0.15, -0.1) is 0 Å². The Morgan fingerprint density at radius 1 is 0.381 bits per heavy atom. The summed E-state index contributed by atoms with van der Waals surface area (Å²) >= 11 is 0. The van der Waals surface area contributed by atoms with Crippen LogP contribution in [0.1, 0.15) is 341 Å². The first-order valence-corrected chi connectivity index (χ1v) is 40.3. The van der Waals surface area contributed by atoms with E-state index >= 15 is 0 Å². The summed E-state index contributed by atoms with van der Waals surface area (Å²) in [6.45, 7) is 2.71. The van der Waals surface area contributed by atoms with Gasteiger partial charge in [0.15, 0.2) is 12.6 Å². The molecule has 2 rings (SSSR count). The first-order valence-electron chi connectivity index (χ1n) is 40.3. The molecule has 12 unspecified atom stereocenters. The number of allylic oxidation sites excluding steroid dienone is 13. The standard InChI is InChI=1S/C83H149NO13/c1-3-5-7-9-11-13-15-17-19-21-23-25-27-29-31-33-34-35-36-37-38-39-41-43-45-47-49-51-53-55-57-59-61-63-65-67-75(88)84-71(70-94-82-80(93)78(91)81(74(69-86)96-82)97-83-79(92)77(90)76(89)73(68-85)95-83)72(87)66-64-62-60-58-56-54-52-50-48-46-44-42-40-32-30-28-26-24-22-20-18-16-14-12-10-8-6-4-2/h5,7,11,13,17,19,23,25,48,50,56,58,64,66,71-74,76-83,85-87,89-93H,3-4,6,8-10,12,14-16,18,20-22,24,26-47,49,51-55,57,59-63,65,67-70H2,1-2H3,(H,84,88)/b7-5-,13-11-,19-17-,25-23-,50-48+,58-56+,66-64+. The van der Waals surface area contributed by atoms with Gasteiger partial charge in [-0.25, -0.2) is 0 Å². The topological polar surface area (TPSA) is 228 Å². The summed E-state index contributed by atoms with van der Waals surface area (Å²) in [5, 5.41) is 87.6. The van der Waals surface area contributed by atoms with Gasteiger partial charge in [-0.3, -0.25) is 4.79 Å². The van der Waals surface area contributed by atoms with Crippen LogP contribution in [0.25, 0.3) is 0 Å². The molecule has 0 saturated carbocycles. The Kier molecular flexibility index (Phi) is 61.8. The first-order chi connectivity index (χ1) is 47.6. The maximum Gasteiger partial charge on any atom is 0.220 e. The monoisotopic (exact) mass is 1370 g/mol. The number of hydrogen-bond acceptors (Lipinski definition) is 13. The van der Waals surface area contributed by atoms with E-state index in [4.69, 9.17) is 18.9 Å². The van der Waals surface area contributed by atoms with Gasteiger partial charge >= 0.3 is 0 Å². The number of nitrogens with one attached hydrogen (secondary N) is 1. The molecule has 14 nitrogen and oxygen atoms in total. The number of unbranched alkanes of at least 4 members (excludes halogenated alkanes) is 42. The number of aliphatic hydroxyl groups excluding tert-OH is 8. The minimum Gasteiger partial charge on any atom is -0.394 e. The van der Waals surface area contributed by atoms with Crippen LogP contribution in [-0.4, -0.2) is 140 Å². The van der Waals surface area contributed by atoms with Crippen molar-refractivity contribution in [3.63, 3.8) is 0 Å². The fraction of sp³-hybridized carbons (Fsp3) is 0.819. The molecule has 9 N–H and O–H groups in total. The van der Waals surface area contributed by atoms with Crippen LogP contribution < -0.4 is 5.32 Å². The fourth-order valence-electron chi connectivity index (χ4n) is 13.0. The number of aliphatic hydroxyl groups is 8. The van der Waals surface area contributed by atoms with Crippen LogP contribution in [0.3, 0.4) is 0 Å². The molecule has 0 radical (unpaired) electrons. The van der Waals surface area contributed by atoms with Crippen molar-refractivity contribution in [1.29, 1.82) is 0 Å². The lowest BCUT2D eigenvalue weighted by molar-refractivity contribution is -0.359. The van der Waals surface area contributed by atoms with Crippen LogP contribution in [0.4, 0.5) is 0 Å². The molecule has 564 valence electrons. The van der Waals surface area contributed by atoms with Crippen molar-refractivity contribution in [2.75, 3.05) is 19.8 Å². The summed E-state index contributed by atoms with van der Waals surface area (Å²) in [7, 11) is 0. The van der Waals surface area contributed by atoms with Crippen molar-refractivity contribution in [2.24, 2.45) is 0 Å². The summed E-state index contributed by atoms with van der Waals surface area (Å²) < 4.78 is 22.9. The van der Waals surface area contributed by atoms with Crippen LogP contribution in [0, 0.1) is 0 Å². The van der Waals surface area contributed by atoms with E-state index in [-0.39, 0.29) is 18.9 Å². The SMILES string of the molecule is CC/C=C\C/C=C\C/C=C\C/C=C\CCCCCCCCCCCCCCCCCCCCCCCCC(=O)NC(COC1OC(CO)C(OC2OC(CO)C(O)C(O)C2O)C(O)C1O)C(O)/C=C/CC/C=C/CC/C=C/CCCCCCCCCCCCCCCCCCCC. The zero-order chi connectivity index (χ0) is 70.1. The molecule has 2 fully saturated rings. The highest BCUT2D eigenvalue weighted by Gasteiger charge is 2.51. The fourth-order valence-corrected chi connectivity index (χ4v) is 13.0. The summed E-state index contributed by atoms with van der Waals surface area (Å²) in [5.41, 5.74) is 0. The molecule has 0 aromatic carbocycles. The number of hydrogen-bond donors (Lipinski definition) is 9. The third kappa shape index (κ3) is 49.4. The molecular formula is C83H149NO13. The van der Waals surface area contributed by atoms with Gasteiger partial charge in [0.1, 0.15) is 48.8 Å². The Hall–Kier alpha value is -2.83. The number of carbonyl (C=O) groups excluding carboxylic acids is 1. The Morgan fingerprint density at radius 2 is 0.722 bits per heavy atom. The van der Waals surface area contributed by atoms with E-state index in [1.54, 1.807) is 6.08 Å². The minimum atomic E-state index is -1.80. The van der Waals surface area contributed by atoms with E-state index in [9.17, 15) is 45.6 Å². The van der Waals surface area contributed by atoms with Crippen LogP contribution in [0.5, 0.6) is 0 Å². The number of amides is 1. The van der Waals surface area contributed by atoms with Gasteiger partial charge in [-0.1, -0.05) is 336 Å². The van der Waals surface area contributed by atoms with Gasteiger partial charge in [0, 0.05) is 6.42 Å². The molecule has 2 aliphatic heterocycles. The molecule has 0 aromatic rings. The van der Waals surface area contributed by atoms with Crippen molar-refractivity contribution in [1.82, 2.24) is 5.32 Å². The largest absolute Gasteiger partial charge is 0.394 e. The van der Waals surface area contributed by atoms with E-state index in [0.29, 0.717) is 12.8 Å². The summed E-state index contributed by atoms with van der Waals surface area (Å²) in [5.74, 6) is -0.249. The lowest BCUT2D eigenvalue weighted by Gasteiger charge is -2.46. The van der Waals surface area contributed by atoms with Crippen molar-refractivity contribution in [2.45, 2.75) is 415 Å². The molecule has 2 saturated heterocycles. The van der Waals surface area contributed by atoms with E-state index in [0.717, 1.165) is 70.6 Å². The van der Waals surface area contributed by atoms with Gasteiger partial charge in [0.2, 0.25) is 5.91 Å². The Balaban J connectivity index is 1.62. The molecule has 0 spiro atoms. The smallest absolute Gasteiger partial charge is 0.220 e. The minimum absolute atomic E-state index is 0.249. The van der Waals surface area contributed by atoms with Gasteiger partial charge < -0.3 is 65.1 Å². The van der Waals surface area contributed by atoms with E-state index < -0.39 is 86.8 Å². The van der Waals surface area contributed by atoms with E-state index in [1.807, 2.05) is 6.08 Å². The van der Waals surface area contributed by atoms with Crippen LogP contribution in [0.2, 0.25) is 0 Å². The van der Waals surface area contributed by atoms with E-state index in [2.05, 4.69) is 92.1 Å². The lowest BCUT2D eigenvalue weighted by Crippen LogP contribution is -2.65. The van der Waals surface area contributed by atoms with E-state index in [1.165, 1.54) is 238 Å². The first kappa shape index (κ1) is 90.3. The number of ether oxygens (including phenoxy) is 4. The molecule has 0 aromatic heterocycles. The predicted molar refractivity (Wildman–Crippen MR) is 401 cm³/mol. The average Bonchev–Trinajstić information content (AvgIpc) is 0.793. The molecule has 1 amide bonds. The van der Waals surface area contributed by atoms with Gasteiger partial charge in [0.25, 0.3) is 0 Å². The number of rotatable bonds is 67. The number of carbonyl (C=O) groups is 1. The Labute approximate surface area is 592 Å². The molecule has 0 bridgehead atoms. The molecule has 14 heteroatoms. The molecular weight excluding hydrogens is 1220 g/mol. The summed E-state index contributed by atoms with van der Waals surface area (Å²) in [4.78, 5) is 13.4. The van der Waals surface area contributed by atoms with Crippen LogP contribution in [-0.2, 0) is 23.7 Å². The maximum absolute atomic E-state index is 13.4. The quantitative estimate of drug-likeness (QED) is 0.0204. The predicted octanol–water partition coefficient (Wildman–Crippen LogP) is 18.3. The second-order valence-electron chi connectivity index (χ2n) is 28.1. The molecule has 12 atom stereocenters. The Bertz CT molecular complexity index is 1950. The van der Waals surface area contributed by atoms with Crippen LogP contribution >= 0.6 is 0 Å². The van der Waals surface area contributed by atoms with Gasteiger partial charge in [0.05, 0.1) is 32.0 Å². The summed E-state index contributed by atoms with van der Waals surface area (Å²) in [6.07, 6.45) is 76.7. The molecule has 2 heterocycles. The highest BCUT2D eigenvalue weighted by Crippen LogP contribution is 2.30. The molecule has 0 aliphatic carbocycles. The van der Waals surface area contributed by atoms with Crippen molar-refractivity contribution >= 4 is 5.91 Å². The second-order valence-corrected chi connectivity index (χ2v) is 28.1. The second kappa shape index (κ2) is 66.4. The maximum atomic E-state index is 13.4. The lowest BCUT2D eigenvalue weighted by atomic mass is 9.97. The highest BCUT2D eigenvalue weighted by atomic mass is 16.7. The van der Waals surface area contributed by atoms with Crippen molar-refractivity contribution in [3.8, 4) is 0 Å². The van der Waals surface area contributed by atoms with Gasteiger partial charge in [-0.05, 0) is 83.5 Å². The zero-order valence-electron chi connectivity index (χ0n) is 61.8. The third-order valence-electron chi connectivity index (χ3n) is 19.3. The third-order valence-corrected chi connectivity index (χ3v) is 19.3. The molecule has 2 aliphatic rings.